The predicted molar refractivity (Wildman–Crippen MR) is 68.0 cm³/mol. The van der Waals surface area contributed by atoms with Crippen molar-refractivity contribution < 1.29 is 9.15 Å². The maximum Gasteiger partial charge on any atom is 0.0934 e. The Morgan fingerprint density at radius 3 is 3.00 bits per heavy atom. The minimum Gasteiger partial charge on any atom is -0.472 e. The van der Waals surface area contributed by atoms with Gasteiger partial charge < -0.3 is 14.5 Å². The summed E-state index contributed by atoms with van der Waals surface area (Å²) in [6.07, 6.45) is 7.28. The summed E-state index contributed by atoms with van der Waals surface area (Å²) in [5, 5.41) is 3.55. The molecule has 17 heavy (non-hydrogen) atoms. The van der Waals surface area contributed by atoms with E-state index in [9.17, 15) is 0 Å². The van der Waals surface area contributed by atoms with Crippen molar-refractivity contribution >= 4 is 0 Å². The minimum absolute atomic E-state index is 0.235. The van der Waals surface area contributed by atoms with Crippen LogP contribution in [-0.4, -0.2) is 25.8 Å². The fraction of sp³-hybridized carbons (Fsp3) is 0.714. The minimum atomic E-state index is 0.235. The van der Waals surface area contributed by atoms with Crippen LogP contribution >= 0.6 is 0 Å². The molecule has 2 rings (SSSR count). The monoisotopic (exact) mass is 237 g/mol. The highest BCUT2D eigenvalue weighted by atomic mass is 16.5. The molecule has 0 aliphatic carbocycles. The lowest BCUT2D eigenvalue weighted by Gasteiger charge is -2.32. The summed E-state index contributed by atoms with van der Waals surface area (Å²) in [5.74, 6) is 0. The number of hydrogen-bond acceptors (Lipinski definition) is 3. The first-order valence-corrected chi connectivity index (χ1v) is 6.60. The molecule has 2 heterocycles. The Balaban J connectivity index is 2.02. The van der Waals surface area contributed by atoms with Gasteiger partial charge in [0.1, 0.15) is 0 Å². The van der Waals surface area contributed by atoms with E-state index in [0.29, 0.717) is 6.10 Å². The number of rotatable bonds is 6. The SMILES string of the molecule is CCCNCC1(Cc2ccoc2)CCOC1C. The Labute approximate surface area is 104 Å². The number of hydrogen-bond donors (Lipinski definition) is 1. The van der Waals surface area contributed by atoms with E-state index in [1.807, 2.05) is 6.26 Å². The lowest BCUT2D eigenvalue weighted by atomic mass is 9.76. The van der Waals surface area contributed by atoms with Gasteiger partial charge in [-0.25, -0.2) is 0 Å². The summed E-state index contributed by atoms with van der Waals surface area (Å²) in [6, 6.07) is 2.06. The molecule has 3 heteroatoms. The third-order valence-corrected chi connectivity index (χ3v) is 3.87. The van der Waals surface area contributed by atoms with Gasteiger partial charge in [-0.2, -0.15) is 0 Å². The number of ether oxygens (including phenoxy) is 1. The van der Waals surface area contributed by atoms with Gasteiger partial charge in [0, 0.05) is 18.6 Å². The maximum absolute atomic E-state index is 5.78. The third kappa shape index (κ3) is 2.90. The Morgan fingerprint density at radius 1 is 1.53 bits per heavy atom. The van der Waals surface area contributed by atoms with Crippen molar-refractivity contribution in [3.63, 3.8) is 0 Å². The molecule has 0 bridgehead atoms. The van der Waals surface area contributed by atoms with Gasteiger partial charge >= 0.3 is 0 Å². The Kier molecular flexibility index (Phi) is 4.24. The molecule has 1 aliphatic rings. The molecule has 1 fully saturated rings. The van der Waals surface area contributed by atoms with Crippen LogP contribution in [0.4, 0.5) is 0 Å². The molecule has 0 spiro atoms. The molecule has 0 amide bonds. The van der Waals surface area contributed by atoms with Crippen LogP contribution in [0.3, 0.4) is 0 Å². The van der Waals surface area contributed by atoms with E-state index in [0.717, 1.165) is 32.5 Å². The van der Waals surface area contributed by atoms with Gasteiger partial charge in [0.05, 0.1) is 18.6 Å². The Morgan fingerprint density at radius 2 is 2.41 bits per heavy atom. The zero-order valence-electron chi connectivity index (χ0n) is 10.9. The number of furan rings is 1. The highest BCUT2D eigenvalue weighted by Gasteiger charge is 2.41. The van der Waals surface area contributed by atoms with E-state index in [-0.39, 0.29) is 5.41 Å². The van der Waals surface area contributed by atoms with Gasteiger partial charge in [0.2, 0.25) is 0 Å². The lowest BCUT2D eigenvalue weighted by Crippen LogP contribution is -2.41. The zero-order valence-corrected chi connectivity index (χ0v) is 10.9. The molecule has 1 saturated heterocycles. The summed E-state index contributed by atoms with van der Waals surface area (Å²) >= 11 is 0. The van der Waals surface area contributed by atoms with Crippen molar-refractivity contribution in [1.29, 1.82) is 0 Å². The van der Waals surface area contributed by atoms with Crippen LogP contribution in [0.15, 0.2) is 23.0 Å². The predicted octanol–water partition coefficient (Wildman–Crippen LogP) is 2.62. The highest BCUT2D eigenvalue weighted by Crippen LogP contribution is 2.37. The van der Waals surface area contributed by atoms with Crippen molar-refractivity contribution in [3.8, 4) is 0 Å². The van der Waals surface area contributed by atoms with E-state index in [4.69, 9.17) is 9.15 Å². The quantitative estimate of drug-likeness (QED) is 0.772. The van der Waals surface area contributed by atoms with Gasteiger partial charge in [0.15, 0.2) is 0 Å². The van der Waals surface area contributed by atoms with Crippen LogP contribution in [0, 0.1) is 5.41 Å². The molecule has 2 atom stereocenters. The van der Waals surface area contributed by atoms with E-state index in [1.165, 1.54) is 12.0 Å². The van der Waals surface area contributed by atoms with E-state index in [1.54, 1.807) is 6.26 Å². The largest absolute Gasteiger partial charge is 0.472 e. The molecular weight excluding hydrogens is 214 g/mol. The lowest BCUT2D eigenvalue weighted by molar-refractivity contribution is 0.0630. The van der Waals surface area contributed by atoms with Crippen LogP contribution in [0.2, 0.25) is 0 Å². The van der Waals surface area contributed by atoms with Gasteiger partial charge in [-0.05, 0) is 44.4 Å². The zero-order chi connectivity index (χ0) is 12.1. The summed E-state index contributed by atoms with van der Waals surface area (Å²) in [6.45, 7) is 7.39. The standard InChI is InChI=1S/C14H23NO2/c1-3-6-15-11-14(5-8-17-12(14)2)9-13-4-7-16-10-13/h4,7,10,12,15H,3,5-6,8-9,11H2,1-2H3. The fourth-order valence-electron chi connectivity index (χ4n) is 2.66. The van der Waals surface area contributed by atoms with Gasteiger partial charge in [0.25, 0.3) is 0 Å². The van der Waals surface area contributed by atoms with Crippen molar-refractivity contribution in [2.24, 2.45) is 5.41 Å². The van der Waals surface area contributed by atoms with E-state index < -0.39 is 0 Å². The van der Waals surface area contributed by atoms with Crippen molar-refractivity contribution in [1.82, 2.24) is 5.32 Å². The van der Waals surface area contributed by atoms with Crippen molar-refractivity contribution in [3.05, 3.63) is 24.2 Å². The van der Waals surface area contributed by atoms with Gasteiger partial charge in [-0.15, -0.1) is 0 Å². The molecule has 96 valence electrons. The summed E-state index contributed by atoms with van der Waals surface area (Å²) in [5.41, 5.74) is 1.51. The first-order chi connectivity index (χ1) is 8.27. The van der Waals surface area contributed by atoms with Gasteiger partial charge in [-0.1, -0.05) is 6.92 Å². The molecule has 1 aliphatic heterocycles. The highest BCUT2D eigenvalue weighted by molar-refractivity contribution is 5.11. The third-order valence-electron chi connectivity index (χ3n) is 3.87. The molecule has 3 nitrogen and oxygen atoms in total. The van der Waals surface area contributed by atoms with Crippen LogP contribution in [0.5, 0.6) is 0 Å². The summed E-state index contributed by atoms with van der Waals surface area (Å²) in [4.78, 5) is 0. The van der Waals surface area contributed by atoms with Gasteiger partial charge in [-0.3, -0.25) is 0 Å². The second kappa shape index (κ2) is 5.69. The normalized spacial score (nSPS) is 28.7. The van der Waals surface area contributed by atoms with Crippen LogP contribution in [0.25, 0.3) is 0 Å². The maximum atomic E-state index is 5.78. The molecule has 1 aromatic rings. The molecule has 0 aromatic carbocycles. The molecule has 1 aromatic heterocycles. The van der Waals surface area contributed by atoms with E-state index >= 15 is 0 Å². The van der Waals surface area contributed by atoms with E-state index in [2.05, 4.69) is 25.2 Å². The second-order valence-corrected chi connectivity index (χ2v) is 5.11. The first kappa shape index (κ1) is 12.7. The fourth-order valence-corrected chi connectivity index (χ4v) is 2.66. The molecule has 0 saturated carbocycles. The molecule has 2 unspecified atom stereocenters. The molecular formula is C14H23NO2. The topological polar surface area (TPSA) is 34.4 Å². The Hall–Kier alpha value is -0.800. The molecule has 1 N–H and O–H groups in total. The average Bonchev–Trinajstić information content (AvgIpc) is 2.92. The van der Waals surface area contributed by atoms with Crippen LogP contribution in [-0.2, 0) is 11.2 Å². The van der Waals surface area contributed by atoms with Crippen LogP contribution in [0.1, 0.15) is 32.3 Å². The van der Waals surface area contributed by atoms with Crippen molar-refractivity contribution in [2.75, 3.05) is 19.7 Å². The number of nitrogens with one attached hydrogen (secondary N) is 1. The second-order valence-electron chi connectivity index (χ2n) is 5.11. The van der Waals surface area contributed by atoms with Crippen LogP contribution < -0.4 is 5.32 Å². The summed E-state index contributed by atoms with van der Waals surface area (Å²) < 4.78 is 10.9. The Bertz CT molecular complexity index is 323. The molecule has 0 radical (unpaired) electrons. The smallest absolute Gasteiger partial charge is 0.0934 e. The van der Waals surface area contributed by atoms with Crippen molar-refractivity contribution in [2.45, 2.75) is 39.2 Å². The summed E-state index contributed by atoms with van der Waals surface area (Å²) in [7, 11) is 0. The average molecular weight is 237 g/mol. The first-order valence-electron chi connectivity index (χ1n) is 6.60.